The quantitative estimate of drug-likeness (QED) is 0.781. The average molecular weight is 265 g/mol. The summed E-state index contributed by atoms with van der Waals surface area (Å²) in [6, 6.07) is 3.96. The molecule has 4 heteroatoms. The number of nitrogens with zero attached hydrogens (tertiary/aromatic N) is 2. The van der Waals surface area contributed by atoms with Crippen LogP contribution in [0.15, 0.2) is 33.8 Å². The molecule has 2 aromatic heterocycles. The van der Waals surface area contributed by atoms with Crippen LogP contribution >= 0.6 is 15.9 Å². The molecule has 2 heterocycles. The molecule has 0 spiro atoms. The monoisotopic (exact) mass is 264 g/mol. The van der Waals surface area contributed by atoms with E-state index >= 15 is 0 Å². The summed E-state index contributed by atoms with van der Waals surface area (Å²) in [5.41, 5.74) is 3.06. The lowest BCUT2D eigenvalue weighted by molar-refractivity contribution is 0.568. The fourth-order valence-electron chi connectivity index (χ4n) is 1.58. The number of aromatic nitrogens is 2. The molecular formula is C11H9BrN2O. The summed E-state index contributed by atoms with van der Waals surface area (Å²) < 4.78 is 5.70. The predicted octanol–water partition coefficient (Wildman–Crippen LogP) is 3.38. The Morgan fingerprint density at radius 2 is 2.20 bits per heavy atom. The Morgan fingerprint density at radius 1 is 1.33 bits per heavy atom. The second kappa shape index (κ2) is 3.45. The van der Waals surface area contributed by atoms with Gasteiger partial charge in [0.15, 0.2) is 4.73 Å². The maximum atomic E-state index is 5.05. The second-order valence-electron chi connectivity index (χ2n) is 3.73. The molecular weight excluding hydrogens is 256 g/mol. The molecule has 15 heavy (non-hydrogen) atoms. The molecule has 0 saturated heterocycles. The maximum absolute atomic E-state index is 5.05. The third-order valence-electron chi connectivity index (χ3n) is 2.53. The largest absolute Gasteiger partial charge is 0.472 e. The highest BCUT2D eigenvalue weighted by molar-refractivity contribution is 9.10. The number of furan rings is 1. The molecule has 0 bridgehead atoms. The molecule has 76 valence electrons. The molecule has 2 aromatic rings. The van der Waals surface area contributed by atoms with E-state index in [1.165, 1.54) is 12.8 Å². The van der Waals surface area contributed by atoms with E-state index in [9.17, 15) is 0 Å². The van der Waals surface area contributed by atoms with Crippen molar-refractivity contribution in [3.63, 3.8) is 0 Å². The molecule has 0 unspecified atom stereocenters. The Hall–Kier alpha value is -1.16. The summed E-state index contributed by atoms with van der Waals surface area (Å²) in [6.07, 6.45) is 5.84. The van der Waals surface area contributed by atoms with Crippen LogP contribution in [0, 0.1) is 0 Å². The lowest BCUT2D eigenvalue weighted by atomic mass is 10.2. The van der Waals surface area contributed by atoms with Gasteiger partial charge in [-0.2, -0.15) is 0 Å². The van der Waals surface area contributed by atoms with E-state index in [0.717, 1.165) is 17.0 Å². The fraction of sp³-hybridized carbons (Fsp3) is 0.273. The van der Waals surface area contributed by atoms with E-state index in [0.29, 0.717) is 10.7 Å². The van der Waals surface area contributed by atoms with E-state index in [1.807, 2.05) is 12.1 Å². The van der Waals surface area contributed by atoms with Crippen molar-refractivity contribution >= 4 is 15.9 Å². The van der Waals surface area contributed by atoms with Gasteiger partial charge in [-0.05, 0) is 40.9 Å². The van der Waals surface area contributed by atoms with Crippen molar-refractivity contribution in [3.8, 4) is 11.3 Å². The van der Waals surface area contributed by atoms with Crippen LogP contribution in [0.5, 0.6) is 0 Å². The minimum atomic E-state index is 0.634. The van der Waals surface area contributed by atoms with Gasteiger partial charge in [0.25, 0.3) is 0 Å². The molecule has 0 aromatic carbocycles. The predicted molar refractivity (Wildman–Crippen MR) is 59.4 cm³/mol. The first-order valence-electron chi connectivity index (χ1n) is 4.90. The summed E-state index contributed by atoms with van der Waals surface area (Å²) in [4.78, 5) is 8.71. The summed E-state index contributed by atoms with van der Waals surface area (Å²) in [6.45, 7) is 0. The van der Waals surface area contributed by atoms with Crippen LogP contribution in [-0.4, -0.2) is 9.97 Å². The molecule has 3 rings (SSSR count). The molecule has 0 atom stereocenters. The summed E-state index contributed by atoms with van der Waals surface area (Å²) in [7, 11) is 0. The third-order valence-corrected chi connectivity index (χ3v) is 2.89. The van der Waals surface area contributed by atoms with Crippen molar-refractivity contribution in [3.05, 3.63) is 35.1 Å². The molecule has 0 radical (unpaired) electrons. The fourth-order valence-corrected chi connectivity index (χ4v) is 1.98. The summed E-state index contributed by atoms with van der Waals surface area (Å²) in [5.74, 6) is 0.634. The Morgan fingerprint density at radius 3 is 2.87 bits per heavy atom. The van der Waals surface area contributed by atoms with E-state index in [4.69, 9.17) is 4.42 Å². The molecule has 3 nitrogen and oxygen atoms in total. The Balaban J connectivity index is 2.07. The lowest BCUT2D eigenvalue weighted by Crippen LogP contribution is -1.93. The highest BCUT2D eigenvalue weighted by Gasteiger charge is 2.26. The highest BCUT2D eigenvalue weighted by atomic mass is 79.9. The first-order valence-corrected chi connectivity index (χ1v) is 5.69. The van der Waals surface area contributed by atoms with Crippen LogP contribution in [0.25, 0.3) is 11.3 Å². The van der Waals surface area contributed by atoms with Crippen LogP contribution in [0.4, 0.5) is 0 Å². The van der Waals surface area contributed by atoms with Crippen molar-refractivity contribution in [1.82, 2.24) is 9.97 Å². The summed E-state index contributed by atoms with van der Waals surface area (Å²) >= 11 is 3.34. The van der Waals surface area contributed by atoms with Crippen LogP contribution in [-0.2, 0) is 0 Å². The van der Waals surface area contributed by atoms with Gasteiger partial charge in [0.2, 0.25) is 0 Å². The van der Waals surface area contributed by atoms with Gasteiger partial charge >= 0.3 is 0 Å². The number of hydrogen-bond acceptors (Lipinski definition) is 3. The van der Waals surface area contributed by atoms with Crippen molar-refractivity contribution in [2.24, 2.45) is 0 Å². The minimum Gasteiger partial charge on any atom is -0.472 e. The zero-order valence-electron chi connectivity index (χ0n) is 7.98. The molecule has 0 amide bonds. The van der Waals surface area contributed by atoms with Crippen LogP contribution in [0.1, 0.15) is 24.5 Å². The van der Waals surface area contributed by atoms with Gasteiger partial charge in [-0.25, -0.2) is 9.97 Å². The lowest BCUT2D eigenvalue weighted by Gasteiger charge is -2.01. The zero-order valence-corrected chi connectivity index (χ0v) is 9.57. The maximum Gasteiger partial charge on any atom is 0.197 e. The van der Waals surface area contributed by atoms with Crippen LogP contribution in [0.2, 0.25) is 0 Å². The molecule has 1 aliphatic rings. The van der Waals surface area contributed by atoms with Gasteiger partial charge in [-0.3, -0.25) is 0 Å². The highest BCUT2D eigenvalue weighted by Crippen LogP contribution is 2.40. The van der Waals surface area contributed by atoms with Gasteiger partial charge in [-0.15, -0.1) is 0 Å². The topological polar surface area (TPSA) is 38.9 Å². The number of halogens is 1. The van der Waals surface area contributed by atoms with Crippen molar-refractivity contribution in [1.29, 1.82) is 0 Å². The normalized spacial score (nSPS) is 15.5. The van der Waals surface area contributed by atoms with Crippen LogP contribution < -0.4 is 0 Å². The van der Waals surface area contributed by atoms with Gasteiger partial charge in [0.1, 0.15) is 0 Å². The smallest absolute Gasteiger partial charge is 0.197 e. The number of hydrogen-bond donors (Lipinski definition) is 0. The van der Waals surface area contributed by atoms with E-state index in [-0.39, 0.29) is 0 Å². The Bertz CT molecular complexity index is 477. The first kappa shape index (κ1) is 9.09. The first-order chi connectivity index (χ1) is 7.33. The molecule has 1 aliphatic carbocycles. The molecule has 0 N–H and O–H groups in total. The Kier molecular flexibility index (Phi) is 2.09. The van der Waals surface area contributed by atoms with Gasteiger partial charge in [0, 0.05) is 17.2 Å². The number of rotatable bonds is 2. The van der Waals surface area contributed by atoms with Crippen molar-refractivity contribution < 1.29 is 4.42 Å². The van der Waals surface area contributed by atoms with Gasteiger partial charge in [-0.1, -0.05) is 0 Å². The summed E-state index contributed by atoms with van der Waals surface area (Å²) in [5, 5.41) is 0. The van der Waals surface area contributed by atoms with E-state index in [1.54, 1.807) is 12.5 Å². The molecule has 1 fully saturated rings. The second-order valence-corrected chi connectivity index (χ2v) is 4.44. The van der Waals surface area contributed by atoms with E-state index < -0.39 is 0 Å². The van der Waals surface area contributed by atoms with Gasteiger partial charge < -0.3 is 4.42 Å². The van der Waals surface area contributed by atoms with Crippen molar-refractivity contribution in [2.75, 3.05) is 0 Å². The SMILES string of the molecule is Brc1nc(-c2ccoc2)cc(C2CC2)n1. The third kappa shape index (κ3) is 1.81. The average Bonchev–Trinajstić information content (AvgIpc) is 2.93. The zero-order chi connectivity index (χ0) is 10.3. The molecule has 0 aliphatic heterocycles. The molecule has 1 saturated carbocycles. The standard InChI is InChI=1S/C11H9BrN2O/c12-11-13-9(7-1-2-7)5-10(14-11)8-3-4-15-6-8/h3-7H,1-2H2. The van der Waals surface area contributed by atoms with Crippen LogP contribution in [0.3, 0.4) is 0 Å². The van der Waals surface area contributed by atoms with Gasteiger partial charge in [0.05, 0.1) is 18.2 Å². The van der Waals surface area contributed by atoms with Crippen molar-refractivity contribution in [2.45, 2.75) is 18.8 Å². The Labute approximate surface area is 95.7 Å². The minimum absolute atomic E-state index is 0.634. The van der Waals surface area contributed by atoms with E-state index in [2.05, 4.69) is 25.9 Å².